The maximum Gasteiger partial charge on any atom is 0.264 e. The molecule has 2 amide bonds. The van der Waals surface area contributed by atoms with E-state index in [0.29, 0.717) is 16.7 Å². The number of carbonyl (C=O) groups is 2. The third kappa shape index (κ3) is 8.36. The summed E-state index contributed by atoms with van der Waals surface area (Å²) >= 11 is 3.44. The Morgan fingerprint density at radius 1 is 0.864 bits per heavy atom. The van der Waals surface area contributed by atoms with Crippen molar-refractivity contribution in [2.45, 2.75) is 51.1 Å². The molecule has 44 heavy (non-hydrogen) atoms. The minimum absolute atomic E-state index is 0.0721. The topological polar surface area (TPSA) is 86.8 Å². The smallest absolute Gasteiger partial charge is 0.264 e. The molecule has 0 radical (unpaired) electrons. The highest BCUT2D eigenvalue weighted by atomic mass is 79.9. The van der Waals surface area contributed by atoms with Crippen molar-refractivity contribution in [1.29, 1.82) is 0 Å². The summed E-state index contributed by atoms with van der Waals surface area (Å²) in [6, 6.07) is 29.7. The van der Waals surface area contributed by atoms with Gasteiger partial charge in [-0.15, -0.1) is 0 Å². The highest BCUT2D eigenvalue weighted by Crippen LogP contribution is 2.27. The standard InChI is InChI=1S/C35H38BrN3O4S/c1-4-21-37-35(41)33(22-28-12-6-5-7-13-28)38(24-29-14-9-8-11-27(29)3)34(40)25-39(31-16-10-15-30(36)23-31)44(42,43)32-19-17-26(2)18-20-32/h5-20,23,33H,4,21-22,24-25H2,1-3H3,(H,37,41)/t33-/m0/s1. The van der Waals surface area contributed by atoms with E-state index in [2.05, 4.69) is 21.2 Å². The quantitative estimate of drug-likeness (QED) is 0.177. The van der Waals surface area contributed by atoms with E-state index in [4.69, 9.17) is 0 Å². The Morgan fingerprint density at radius 3 is 2.20 bits per heavy atom. The van der Waals surface area contributed by atoms with E-state index >= 15 is 0 Å². The van der Waals surface area contributed by atoms with E-state index in [1.54, 1.807) is 48.5 Å². The molecule has 0 aromatic heterocycles. The summed E-state index contributed by atoms with van der Waals surface area (Å²) in [6.45, 7) is 5.91. The fourth-order valence-corrected chi connectivity index (χ4v) is 6.68. The van der Waals surface area contributed by atoms with Gasteiger partial charge in [-0.25, -0.2) is 8.42 Å². The molecule has 7 nitrogen and oxygen atoms in total. The lowest BCUT2D eigenvalue weighted by Gasteiger charge is -2.34. The largest absolute Gasteiger partial charge is 0.354 e. The minimum Gasteiger partial charge on any atom is -0.354 e. The summed E-state index contributed by atoms with van der Waals surface area (Å²) in [4.78, 5) is 29.8. The zero-order chi connectivity index (χ0) is 31.7. The lowest BCUT2D eigenvalue weighted by Crippen LogP contribution is -2.53. The lowest BCUT2D eigenvalue weighted by molar-refractivity contribution is -0.140. The number of nitrogens with zero attached hydrogens (tertiary/aromatic N) is 2. The van der Waals surface area contributed by atoms with Gasteiger partial charge in [0.2, 0.25) is 11.8 Å². The van der Waals surface area contributed by atoms with Crippen LogP contribution in [0.5, 0.6) is 0 Å². The molecule has 4 aromatic rings. The van der Waals surface area contributed by atoms with Gasteiger partial charge in [0.1, 0.15) is 12.6 Å². The molecule has 0 saturated carbocycles. The van der Waals surface area contributed by atoms with Crippen LogP contribution in [0.1, 0.15) is 35.6 Å². The number of amides is 2. The highest BCUT2D eigenvalue weighted by molar-refractivity contribution is 9.10. The molecule has 4 rings (SSSR count). The molecule has 0 spiro atoms. The van der Waals surface area contributed by atoms with Crippen LogP contribution in [0.25, 0.3) is 0 Å². The van der Waals surface area contributed by atoms with Crippen LogP contribution >= 0.6 is 15.9 Å². The average molecular weight is 677 g/mol. The van der Waals surface area contributed by atoms with Gasteiger partial charge in [-0.2, -0.15) is 0 Å². The number of sulfonamides is 1. The Morgan fingerprint density at radius 2 is 1.55 bits per heavy atom. The van der Waals surface area contributed by atoms with Crippen LogP contribution in [0.4, 0.5) is 5.69 Å². The molecule has 0 bridgehead atoms. The van der Waals surface area contributed by atoms with Crippen molar-refractivity contribution in [2.24, 2.45) is 0 Å². The van der Waals surface area contributed by atoms with Gasteiger partial charge in [0.05, 0.1) is 10.6 Å². The number of hydrogen-bond acceptors (Lipinski definition) is 4. The fourth-order valence-electron chi connectivity index (χ4n) is 4.89. The first-order valence-corrected chi connectivity index (χ1v) is 16.8. The number of hydrogen-bond donors (Lipinski definition) is 1. The van der Waals surface area contributed by atoms with E-state index in [1.807, 2.05) is 75.4 Å². The monoisotopic (exact) mass is 675 g/mol. The zero-order valence-electron chi connectivity index (χ0n) is 25.2. The molecule has 1 N–H and O–H groups in total. The Bertz CT molecular complexity index is 1680. The van der Waals surface area contributed by atoms with Gasteiger partial charge in [-0.05, 0) is 67.3 Å². The Hall–Kier alpha value is -3.95. The molecule has 9 heteroatoms. The maximum atomic E-state index is 14.5. The molecule has 4 aromatic carbocycles. The van der Waals surface area contributed by atoms with Crippen molar-refractivity contribution < 1.29 is 18.0 Å². The van der Waals surface area contributed by atoms with Crippen molar-refractivity contribution >= 4 is 43.5 Å². The fraction of sp³-hybridized carbons (Fsp3) is 0.257. The van der Waals surface area contributed by atoms with E-state index in [9.17, 15) is 18.0 Å². The normalized spacial score (nSPS) is 11.9. The van der Waals surface area contributed by atoms with Gasteiger partial charge in [0, 0.05) is 24.0 Å². The SMILES string of the molecule is CCCNC(=O)[C@H](Cc1ccccc1)N(Cc1ccccc1C)C(=O)CN(c1cccc(Br)c1)S(=O)(=O)c1ccc(C)cc1. The molecule has 0 saturated heterocycles. The number of rotatable bonds is 13. The van der Waals surface area contributed by atoms with Crippen molar-refractivity contribution in [2.75, 3.05) is 17.4 Å². The lowest BCUT2D eigenvalue weighted by atomic mass is 10.0. The first kappa shape index (κ1) is 33.0. The van der Waals surface area contributed by atoms with Gasteiger partial charge >= 0.3 is 0 Å². The molecule has 0 aliphatic rings. The van der Waals surface area contributed by atoms with Crippen LogP contribution in [0.15, 0.2) is 112 Å². The van der Waals surface area contributed by atoms with Gasteiger partial charge in [-0.3, -0.25) is 13.9 Å². The highest BCUT2D eigenvalue weighted by Gasteiger charge is 2.34. The van der Waals surface area contributed by atoms with Crippen LogP contribution < -0.4 is 9.62 Å². The summed E-state index contributed by atoms with van der Waals surface area (Å²) in [5, 5.41) is 2.97. The number of carbonyl (C=O) groups excluding carboxylic acids is 2. The molecular formula is C35H38BrN3O4S. The predicted molar refractivity (Wildman–Crippen MR) is 179 cm³/mol. The zero-order valence-corrected chi connectivity index (χ0v) is 27.6. The third-order valence-corrected chi connectivity index (χ3v) is 9.69. The van der Waals surface area contributed by atoms with Gasteiger partial charge in [0.25, 0.3) is 10.0 Å². The number of halogens is 1. The first-order chi connectivity index (χ1) is 21.1. The third-order valence-electron chi connectivity index (χ3n) is 7.41. The van der Waals surface area contributed by atoms with E-state index in [1.165, 1.54) is 4.90 Å². The molecule has 230 valence electrons. The van der Waals surface area contributed by atoms with Crippen molar-refractivity contribution in [3.63, 3.8) is 0 Å². The predicted octanol–water partition coefficient (Wildman–Crippen LogP) is 6.43. The summed E-state index contributed by atoms with van der Waals surface area (Å²) in [6.07, 6.45) is 1.01. The van der Waals surface area contributed by atoms with Crippen LogP contribution in [-0.2, 0) is 32.6 Å². The Balaban J connectivity index is 1.80. The second-order valence-corrected chi connectivity index (χ2v) is 13.5. The van der Waals surface area contributed by atoms with E-state index in [-0.39, 0.29) is 23.8 Å². The summed E-state index contributed by atoms with van der Waals surface area (Å²) in [7, 11) is -4.15. The second-order valence-electron chi connectivity index (χ2n) is 10.7. The van der Waals surface area contributed by atoms with E-state index < -0.39 is 28.5 Å². The number of nitrogens with one attached hydrogen (secondary N) is 1. The van der Waals surface area contributed by atoms with Crippen LogP contribution in [0, 0.1) is 13.8 Å². The Kier molecular flexibility index (Phi) is 11.4. The Labute approximate surface area is 269 Å². The van der Waals surface area contributed by atoms with Gasteiger partial charge < -0.3 is 10.2 Å². The van der Waals surface area contributed by atoms with Gasteiger partial charge in [0.15, 0.2) is 0 Å². The molecule has 0 fully saturated rings. The minimum atomic E-state index is -4.15. The number of aryl methyl sites for hydroxylation is 2. The van der Waals surface area contributed by atoms with Gasteiger partial charge in [-0.1, -0.05) is 101 Å². The molecule has 0 aliphatic heterocycles. The average Bonchev–Trinajstić information content (AvgIpc) is 3.01. The van der Waals surface area contributed by atoms with E-state index in [0.717, 1.165) is 33.0 Å². The molecule has 0 heterocycles. The van der Waals surface area contributed by atoms with Crippen LogP contribution in [-0.4, -0.2) is 44.3 Å². The summed E-state index contributed by atoms with van der Waals surface area (Å²) in [5.41, 5.74) is 3.98. The summed E-state index contributed by atoms with van der Waals surface area (Å²) in [5.74, 6) is -0.774. The molecule has 0 aliphatic carbocycles. The maximum absolute atomic E-state index is 14.5. The number of anilines is 1. The van der Waals surface area contributed by atoms with Crippen LogP contribution in [0.3, 0.4) is 0 Å². The molecular weight excluding hydrogens is 638 g/mol. The second kappa shape index (κ2) is 15.2. The molecule has 1 atom stereocenters. The summed E-state index contributed by atoms with van der Waals surface area (Å²) < 4.78 is 30.0. The molecule has 0 unspecified atom stereocenters. The number of benzene rings is 4. The first-order valence-electron chi connectivity index (χ1n) is 14.6. The van der Waals surface area contributed by atoms with Crippen molar-refractivity contribution in [3.05, 3.63) is 130 Å². The van der Waals surface area contributed by atoms with Crippen molar-refractivity contribution in [1.82, 2.24) is 10.2 Å². The van der Waals surface area contributed by atoms with Crippen LogP contribution in [0.2, 0.25) is 0 Å². The van der Waals surface area contributed by atoms with Crippen molar-refractivity contribution in [3.8, 4) is 0 Å².